The number of alkyl halides is 18. The Balaban J connectivity index is 3.04. The number of hydrogen-bond donors (Lipinski definition) is 0. The molecule has 0 bridgehead atoms. The first-order valence-corrected chi connectivity index (χ1v) is 14.5. The summed E-state index contributed by atoms with van der Waals surface area (Å²) in [7, 11) is -16.3. The maximum Gasteiger partial charge on any atom is 0.460 e. The van der Waals surface area contributed by atoms with Crippen molar-refractivity contribution in [1.29, 1.82) is 0 Å². The lowest BCUT2D eigenvalue weighted by atomic mass is 10.1. The minimum Gasteiger partial charge on any atom is -0.373 e. The van der Waals surface area contributed by atoms with Crippen molar-refractivity contribution in [3.8, 4) is 0 Å². The molecule has 0 radical (unpaired) electrons. The summed E-state index contributed by atoms with van der Waals surface area (Å²) in [5.41, 5.74) is -2.71. The Hall–Kier alpha value is -3.58. The molecule has 2 aromatic rings. The van der Waals surface area contributed by atoms with Gasteiger partial charge in [-0.2, -0.15) is 95.9 Å². The van der Waals surface area contributed by atoms with Gasteiger partial charge in [0, 0.05) is 11.1 Å². The Morgan fingerprint density at radius 3 is 1.02 bits per heavy atom. The zero-order valence-electron chi connectivity index (χ0n) is 22.8. The molecule has 0 amide bonds. The number of halogens is 18. The summed E-state index contributed by atoms with van der Waals surface area (Å²) in [6, 6.07) is 5.08. The molecule has 2 aromatic carbocycles. The van der Waals surface area contributed by atoms with Gasteiger partial charge in [-0.3, -0.25) is 0 Å². The predicted molar refractivity (Wildman–Crippen MR) is 126 cm³/mol. The summed E-state index contributed by atoms with van der Waals surface area (Å²) in [6.45, 7) is 1.17. The van der Waals surface area contributed by atoms with Crippen molar-refractivity contribution < 1.29 is 104 Å². The molecule has 49 heavy (non-hydrogen) atoms. The zero-order valence-corrected chi connectivity index (χ0v) is 24.4. The van der Waals surface area contributed by atoms with Crippen molar-refractivity contribution in [2.45, 2.75) is 53.5 Å². The third-order valence-corrected chi connectivity index (χ3v) is 8.34. The molecule has 0 aliphatic carbocycles. The highest BCUT2D eigenvalue weighted by Crippen LogP contribution is 2.57. The van der Waals surface area contributed by atoms with Crippen LogP contribution in [0.5, 0.6) is 0 Å². The van der Waals surface area contributed by atoms with E-state index in [0.717, 1.165) is 18.2 Å². The largest absolute Gasteiger partial charge is 0.460 e. The van der Waals surface area contributed by atoms with E-state index in [-0.39, 0.29) is 5.56 Å². The monoisotopic (exact) mass is 790 g/mol. The molecule has 0 aliphatic rings. The van der Waals surface area contributed by atoms with Crippen molar-refractivity contribution in [1.82, 2.24) is 0 Å². The summed E-state index contributed by atoms with van der Waals surface area (Å²) in [5, 5.41) is -15.5. The normalized spacial score (nSPS) is 15.5. The summed E-state index contributed by atoms with van der Waals surface area (Å²) in [4.78, 5) is 0. The highest BCUT2D eigenvalue weighted by atomic mass is 32.2. The first-order valence-electron chi connectivity index (χ1n) is 11.7. The van der Waals surface area contributed by atoms with Crippen molar-refractivity contribution in [3.05, 3.63) is 71.3 Å². The van der Waals surface area contributed by atoms with Gasteiger partial charge in [-0.1, -0.05) is 60.2 Å². The van der Waals surface area contributed by atoms with Gasteiger partial charge in [-0.15, -0.1) is 0 Å². The van der Waals surface area contributed by atoms with E-state index >= 15 is 0 Å². The lowest BCUT2D eigenvalue weighted by Gasteiger charge is -2.33. The zero-order chi connectivity index (χ0) is 38.7. The van der Waals surface area contributed by atoms with E-state index in [1.54, 1.807) is 0 Å². The Labute approximate surface area is 261 Å². The third kappa shape index (κ3) is 6.80. The summed E-state index contributed by atoms with van der Waals surface area (Å²) in [5.74, 6) is -36.9. The van der Waals surface area contributed by atoms with Crippen molar-refractivity contribution in [3.63, 3.8) is 0 Å². The first kappa shape index (κ1) is 41.6. The molecule has 0 aromatic heterocycles. The van der Waals surface area contributed by atoms with E-state index in [0.29, 0.717) is 36.4 Å². The Morgan fingerprint density at radius 1 is 0.449 bits per heavy atom. The van der Waals surface area contributed by atoms with Crippen LogP contribution in [0.4, 0.5) is 79.0 Å². The molecule has 26 heteroatoms. The van der Waals surface area contributed by atoms with Crippen LogP contribution in [-0.2, 0) is 28.6 Å². The Bertz CT molecular complexity index is 1760. The van der Waals surface area contributed by atoms with Crippen LogP contribution in [0.1, 0.15) is 16.7 Å². The fourth-order valence-corrected chi connectivity index (χ4v) is 4.96. The lowest BCUT2D eigenvalue weighted by Crippen LogP contribution is -2.63. The third-order valence-electron chi connectivity index (χ3n) is 5.80. The maximum atomic E-state index is 14.5. The average molecular weight is 790 g/mol. The first-order chi connectivity index (χ1) is 21.6. The SMILES string of the molecule is Cc1ccc(/C(OS(=O)(=O)C(F)(F)C(F)(F)C(F)(F)C(F)(F)F)=C(/OS(=O)(=O)C(F)(F)C(F)(F)C(F)(F)C(F)(F)F)c2ccccc2)cc1. The predicted octanol–water partition coefficient (Wildman–Crippen LogP) is 8.37. The minimum atomic E-state index is -8.13. The number of hydrogen-bond acceptors (Lipinski definition) is 6. The van der Waals surface area contributed by atoms with Crippen LogP contribution in [0.25, 0.3) is 11.5 Å². The standard InChI is InChI=1S/C23H12F18O6S2/c1-11-7-9-13(10-8-11)15(47-49(44,45)23(40,41)19(30,31)17(26,27)21(35,36)37)14(12-5-3-2-4-6-12)46-48(42,43)22(38,39)18(28,29)16(24,25)20(32,33)34/h2-10H,1H3/b15-14-. The smallest absolute Gasteiger partial charge is 0.373 e. The molecule has 278 valence electrons. The van der Waals surface area contributed by atoms with E-state index in [9.17, 15) is 95.9 Å². The van der Waals surface area contributed by atoms with Gasteiger partial charge in [-0.25, -0.2) is 0 Å². The molecule has 0 heterocycles. The molecule has 6 nitrogen and oxygen atoms in total. The van der Waals surface area contributed by atoms with E-state index < -0.39 is 89.4 Å². The van der Waals surface area contributed by atoms with Gasteiger partial charge >= 0.3 is 66.8 Å². The van der Waals surface area contributed by atoms with E-state index in [1.165, 1.54) is 6.92 Å². The summed E-state index contributed by atoms with van der Waals surface area (Å²) in [6.07, 6.45) is -15.2. The second-order valence-electron chi connectivity index (χ2n) is 9.29. The quantitative estimate of drug-likeness (QED) is 0.0931. The van der Waals surface area contributed by atoms with Gasteiger partial charge < -0.3 is 8.37 Å². The van der Waals surface area contributed by atoms with Crippen LogP contribution >= 0.6 is 0 Å². The van der Waals surface area contributed by atoms with Gasteiger partial charge in [0.05, 0.1) is 0 Å². The van der Waals surface area contributed by atoms with Crippen LogP contribution in [0.2, 0.25) is 0 Å². The van der Waals surface area contributed by atoms with Gasteiger partial charge in [-0.05, 0) is 6.92 Å². The van der Waals surface area contributed by atoms with Crippen molar-refractivity contribution >= 4 is 31.8 Å². The Morgan fingerprint density at radius 2 is 0.735 bits per heavy atom. The summed E-state index contributed by atoms with van der Waals surface area (Å²) < 4.78 is 299. The van der Waals surface area contributed by atoms with E-state index in [1.807, 2.05) is 0 Å². The molecule has 0 N–H and O–H groups in total. The van der Waals surface area contributed by atoms with Crippen LogP contribution < -0.4 is 0 Å². The number of aryl methyl sites for hydroxylation is 1. The molecule has 0 spiro atoms. The van der Waals surface area contributed by atoms with Crippen LogP contribution in [-0.4, -0.2) is 63.4 Å². The van der Waals surface area contributed by atoms with Gasteiger partial charge in [0.15, 0.2) is 11.5 Å². The lowest BCUT2D eigenvalue weighted by molar-refractivity contribution is -0.382. The Kier molecular flexibility index (Phi) is 10.5. The molecule has 0 saturated carbocycles. The van der Waals surface area contributed by atoms with E-state index in [2.05, 4.69) is 8.37 Å². The highest BCUT2D eigenvalue weighted by Gasteiger charge is 2.87. The molecule has 2 rings (SSSR count). The molecule has 0 saturated heterocycles. The molecular formula is C23H12F18O6S2. The van der Waals surface area contributed by atoms with Crippen molar-refractivity contribution in [2.24, 2.45) is 0 Å². The molecule has 0 unspecified atom stereocenters. The minimum absolute atomic E-state index is 0.0444. The average Bonchev–Trinajstić information content (AvgIpc) is 2.94. The topological polar surface area (TPSA) is 86.7 Å². The second kappa shape index (κ2) is 12.3. The van der Waals surface area contributed by atoms with E-state index in [4.69, 9.17) is 0 Å². The fraction of sp³-hybridized carbons (Fsp3) is 0.391. The summed E-state index contributed by atoms with van der Waals surface area (Å²) >= 11 is 0. The molecule has 0 fully saturated rings. The maximum absolute atomic E-state index is 14.5. The molecule has 0 aliphatic heterocycles. The number of rotatable bonds is 12. The van der Waals surface area contributed by atoms with Gasteiger partial charge in [0.25, 0.3) is 0 Å². The van der Waals surface area contributed by atoms with Crippen LogP contribution in [0.15, 0.2) is 54.6 Å². The van der Waals surface area contributed by atoms with Crippen LogP contribution in [0.3, 0.4) is 0 Å². The molecular weight excluding hydrogens is 778 g/mol. The van der Waals surface area contributed by atoms with Gasteiger partial charge in [0.1, 0.15) is 0 Å². The van der Waals surface area contributed by atoms with Crippen molar-refractivity contribution in [2.75, 3.05) is 0 Å². The number of benzene rings is 2. The molecule has 0 atom stereocenters. The van der Waals surface area contributed by atoms with Crippen LogP contribution in [0, 0.1) is 6.92 Å². The highest BCUT2D eigenvalue weighted by molar-refractivity contribution is 7.88. The fourth-order valence-electron chi connectivity index (χ4n) is 3.09. The van der Waals surface area contributed by atoms with Gasteiger partial charge in [0.2, 0.25) is 0 Å². The second-order valence-corrected chi connectivity index (χ2v) is 12.5.